The van der Waals surface area contributed by atoms with Crippen molar-refractivity contribution in [2.45, 2.75) is 33.1 Å². The SMILES string of the molecule is CC/C=C/[C@H](CC)CC=O. The Morgan fingerprint density at radius 2 is 2.10 bits per heavy atom. The second-order valence-corrected chi connectivity index (χ2v) is 2.41. The Kier molecular flexibility index (Phi) is 6.14. The van der Waals surface area contributed by atoms with Gasteiger partial charge in [-0.1, -0.05) is 26.0 Å². The summed E-state index contributed by atoms with van der Waals surface area (Å²) in [6.07, 6.45) is 8.05. The molecule has 0 saturated carbocycles. The fourth-order valence-corrected chi connectivity index (χ4v) is 0.833. The van der Waals surface area contributed by atoms with Gasteiger partial charge < -0.3 is 4.79 Å². The molecule has 1 heteroatoms. The van der Waals surface area contributed by atoms with Crippen LogP contribution in [-0.2, 0) is 4.79 Å². The highest BCUT2D eigenvalue weighted by Crippen LogP contribution is 2.07. The van der Waals surface area contributed by atoms with Crippen molar-refractivity contribution >= 4 is 6.29 Å². The first-order valence-electron chi connectivity index (χ1n) is 3.95. The molecule has 1 nitrogen and oxygen atoms in total. The summed E-state index contributed by atoms with van der Waals surface area (Å²) in [5.74, 6) is 0.470. The summed E-state index contributed by atoms with van der Waals surface area (Å²) < 4.78 is 0. The molecule has 0 unspecified atom stereocenters. The second-order valence-electron chi connectivity index (χ2n) is 2.41. The van der Waals surface area contributed by atoms with E-state index in [9.17, 15) is 4.79 Å². The van der Waals surface area contributed by atoms with Gasteiger partial charge in [-0.2, -0.15) is 0 Å². The minimum Gasteiger partial charge on any atom is -0.303 e. The van der Waals surface area contributed by atoms with Crippen molar-refractivity contribution in [3.05, 3.63) is 12.2 Å². The van der Waals surface area contributed by atoms with Crippen molar-refractivity contribution in [3.63, 3.8) is 0 Å². The average molecular weight is 140 g/mol. The highest BCUT2D eigenvalue weighted by Gasteiger charge is 1.97. The van der Waals surface area contributed by atoms with Crippen LogP contribution in [0.25, 0.3) is 0 Å². The fraction of sp³-hybridized carbons (Fsp3) is 0.667. The van der Waals surface area contributed by atoms with E-state index in [1.54, 1.807) is 0 Å². The molecule has 0 aromatic heterocycles. The largest absolute Gasteiger partial charge is 0.303 e. The van der Waals surface area contributed by atoms with Crippen molar-refractivity contribution in [1.82, 2.24) is 0 Å². The van der Waals surface area contributed by atoms with Gasteiger partial charge in [-0.15, -0.1) is 0 Å². The monoisotopic (exact) mass is 140 g/mol. The third kappa shape index (κ3) is 4.30. The zero-order valence-electron chi connectivity index (χ0n) is 6.84. The number of carbonyl (C=O) groups is 1. The van der Waals surface area contributed by atoms with Crippen LogP contribution in [0.3, 0.4) is 0 Å². The number of allylic oxidation sites excluding steroid dienone is 2. The van der Waals surface area contributed by atoms with E-state index in [2.05, 4.69) is 26.0 Å². The summed E-state index contributed by atoms with van der Waals surface area (Å²) in [6, 6.07) is 0. The molecule has 0 amide bonds. The molecule has 0 fully saturated rings. The van der Waals surface area contributed by atoms with Gasteiger partial charge >= 0.3 is 0 Å². The molecule has 0 aromatic carbocycles. The van der Waals surface area contributed by atoms with Gasteiger partial charge in [0.1, 0.15) is 6.29 Å². The van der Waals surface area contributed by atoms with Gasteiger partial charge in [-0.05, 0) is 18.8 Å². The Bertz CT molecular complexity index is 105. The van der Waals surface area contributed by atoms with E-state index in [1.165, 1.54) is 0 Å². The number of hydrogen-bond donors (Lipinski definition) is 0. The Hall–Kier alpha value is -0.590. The lowest BCUT2D eigenvalue weighted by Gasteiger charge is -2.02. The summed E-state index contributed by atoms with van der Waals surface area (Å²) in [7, 11) is 0. The second kappa shape index (κ2) is 6.53. The first-order valence-corrected chi connectivity index (χ1v) is 3.95. The predicted octanol–water partition coefficient (Wildman–Crippen LogP) is 2.57. The third-order valence-electron chi connectivity index (χ3n) is 1.57. The standard InChI is InChI=1S/C9H16O/c1-3-5-6-9(4-2)7-8-10/h5-6,8-9H,3-4,7H2,1-2H3/b6-5+/t9-/m0/s1. The Labute approximate surface area is 63.1 Å². The molecule has 0 aliphatic carbocycles. The number of aldehydes is 1. The molecule has 1 atom stereocenters. The third-order valence-corrected chi connectivity index (χ3v) is 1.57. The minimum atomic E-state index is 0.470. The van der Waals surface area contributed by atoms with E-state index in [1.807, 2.05) is 0 Å². The maximum Gasteiger partial charge on any atom is 0.120 e. The van der Waals surface area contributed by atoms with Gasteiger partial charge in [-0.3, -0.25) is 0 Å². The first kappa shape index (κ1) is 9.41. The van der Waals surface area contributed by atoms with Gasteiger partial charge in [0.2, 0.25) is 0 Å². The molecule has 0 spiro atoms. The number of hydrogen-bond acceptors (Lipinski definition) is 1. The molecule has 0 radical (unpaired) electrons. The molecular weight excluding hydrogens is 124 g/mol. The van der Waals surface area contributed by atoms with E-state index < -0.39 is 0 Å². The Morgan fingerprint density at radius 1 is 1.40 bits per heavy atom. The lowest BCUT2D eigenvalue weighted by atomic mass is 10.0. The van der Waals surface area contributed by atoms with E-state index in [-0.39, 0.29) is 0 Å². The zero-order valence-corrected chi connectivity index (χ0v) is 6.84. The highest BCUT2D eigenvalue weighted by molar-refractivity contribution is 5.50. The van der Waals surface area contributed by atoms with E-state index >= 15 is 0 Å². The van der Waals surface area contributed by atoms with Crippen LogP contribution in [0, 0.1) is 5.92 Å². The highest BCUT2D eigenvalue weighted by atomic mass is 16.1. The Morgan fingerprint density at radius 3 is 2.50 bits per heavy atom. The van der Waals surface area contributed by atoms with E-state index in [0.29, 0.717) is 12.3 Å². The minimum absolute atomic E-state index is 0.470. The first-order chi connectivity index (χ1) is 4.85. The summed E-state index contributed by atoms with van der Waals surface area (Å²) in [4.78, 5) is 10.1. The van der Waals surface area contributed by atoms with Crippen molar-refractivity contribution in [2.75, 3.05) is 0 Å². The lowest BCUT2D eigenvalue weighted by Crippen LogP contribution is -1.93. The molecular formula is C9H16O. The molecule has 0 aromatic rings. The number of rotatable bonds is 5. The van der Waals surface area contributed by atoms with Gasteiger partial charge in [0.05, 0.1) is 0 Å². The fourth-order valence-electron chi connectivity index (χ4n) is 0.833. The molecule has 58 valence electrons. The summed E-state index contributed by atoms with van der Waals surface area (Å²) in [5.41, 5.74) is 0. The topological polar surface area (TPSA) is 17.1 Å². The van der Waals surface area contributed by atoms with Crippen LogP contribution in [0.4, 0.5) is 0 Å². The average Bonchev–Trinajstić information content (AvgIpc) is 1.98. The molecule has 0 aliphatic rings. The molecule has 0 saturated heterocycles. The zero-order chi connectivity index (χ0) is 7.82. The van der Waals surface area contributed by atoms with E-state index in [0.717, 1.165) is 19.1 Å². The summed E-state index contributed by atoms with van der Waals surface area (Å²) in [5, 5.41) is 0. The molecule has 0 heterocycles. The smallest absolute Gasteiger partial charge is 0.120 e. The van der Waals surface area contributed by atoms with Crippen LogP contribution >= 0.6 is 0 Å². The van der Waals surface area contributed by atoms with Crippen LogP contribution in [-0.4, -0.2) is 6.29 Å². The quantitative estimate of drug-likeness (QED) is 0.423. The van der Waals surface area contributed by atoms with Gasteiger partial charge in [0.15, 0.2) is 0 Å². The molecule has 0 aliphatic heterocycles. The van der Waals surface area contributed by atoms with Crippen molar-refractivity contribution in [2.24, 2.45) is 5.92 Å². The molecule has 10 heavy (non-hydrogen) atoms. The molecule has 0 N–H and O–H groups in total. The van der Waals surface area contributed by atoms with Crippen molar-refractivity contribution < 1.29 is 4.79 Å². The molecule has 0 rings (SSSR count). The van der Waals surface area contributed by atoms with E-state index in [4.69, 9.17) is 0 Å². The lowest BCUT2D eigenvalue weighted by molar-refractivity contribution is -0.108. The van der Waals surface area contributed by atoms with Gasteiger partial charge in [0, 0.05) is 6.42 Å². The Balaban J connectivity index is 3.58. The molecule has 0 bridgehead atoms. The van der Waals surface area contributed by atoms with Crippen LogP contribution < -0.4 is 0 Å². The van der Waals surface area contributed by atoms with Crippen molar-refractivity contribution in [1.29, 1.82) is 0 Å². The summed E-state index contributed by atoms with van der Waals surface area (Å²) >= 11 is 0. The maximum absolute atomic E-state index is 10.1. The van der Waals surface area contributed by atoms with Crippen LogP contribution in [0.5, 0.6) is 0 Å². The van der Waals surface area contributed by atoms with Crippen LogP contribution in [0.2, 0.25) is 0 Å². The van der Waals surface area contributed by atoms with Crippen LogP contribution in [0.1, 0.15) is 33.1 Å². The van der Waals surface area contributed by atoms with Crippen LogP contribution in [0.15, 0.2) is 12.2 Å². The maximum atomic E-state index is 10.1. The predicted molar refractivity (Wildman–Crippen MR) is 43.9 cm³/mol. The summed E-state index contributed by atoms with van der Waals surface area (Å²) in [6.45, 7) is 4.21. The normalized spacial score (nSPS) is 13.8. The van der Waals surface area contributed by atoms with Gasteiger partial charge in [0.25, 0.3) is 0 Å². The van der Waals surface area contributed by atoms with Gasteiger partial charge in [-0.25, -0.2) is 0 Å². The number of carbonyl (C=O) groups excluding carboxylic acids is 1. The van der Waals surface area contributed by atoms with Crippen molar-refractivity contribution in [3.8, 4) is 0 Å².